The Morgan fingerprint density at radius 2 is 1.59 bits per heavy atom. The maximum atomic E-state index is 13.8. The van der Waals surface area contributed by atoms with Crippen LogP contribution in [0, 0.1) is 11.3 Å². The Kier molecular flexibility index (Phi) is 10.1. The molecule has 0 aliphatic carbocycles. The van der Waals surface area contributed by atoms with Gasteiger partial charge in [-0.1, -0.05) is 96.1 Å². The molecule has 0 spiro atoms. The van der Waals surface area contributed by atoms with Gasteiger partial charge in [0, 0.05) is 48.5 Å². The summed E-state index contributed by atoms with van der Waals surface area (Å²) in [5.41, 5.74) is 4.82. The van der Waals surface area contributed by atoms with E-state index in [1.807, 2.05) is 6.82 Å². The third kappa shape index (κ3) is 7.64. The van der Waals surface area contributed by atoms with Gasteiger partial charge in [0.15, 0.2) is 0 Å². The van der Waals surface area contributed by atoms with Crippen molar-refractivity contribution >= 4 is 24.3 Å². The molecule has 2 fully saturated rings. The van der Waals surface area contributed by atoms with E-state index in [0.717, 1.165) is 61.8 Å². The van der Waals surface area contributed by atoms with Crippen LogP contribution in [0.4, 0.5) is 0 Å². The van der Waals surface area contributed by atoms with E-state index in [0.29, 0.717) is 18.2 Å². The van der Waals surface area contributed by atoms with Crippen molar-refractivity contribution in [1.82, 2.24) is 19.6 Å². The molecule has 3 heterocycles. The molecule has 1 N–H and O–H groups in total. The van der Waals surface area contributed by atoms with Crippen LogP contribution in [0.1, 0.15) is 83.7 Å². The number of rotatable bonds is 7. The largest absolute Gasteiger partial charge is 0.437 e. The summed E-state index contributed by atoms with van der Waals surface area (Å²) in [5, 5.41) is 13.2. The van der Waals surface area contributed by atoms with Crippen LogP contribution in [0.25, 0.3) is 10.6 Å². The minimum absolute atomic E-state index is 0.0381. The smallest absolute Gasteiger partial charge is 0.376 e. The Morgan fingerprint density at radius 3 is 2.16 bits per heavy atom. The van der Waals surface area contributed by atoms with Crippen LogP contribution >= 0.6 is 11.3 Å². The zero-order valence-electron chi connectivity index (χ0n) is 27.8. The fourth-order valence-electron chi connectivity index (χ4n) is 6.78. The summed E-state index contributed by atoms with van der Waals surface area (Å²) in [7, 11) is -0.410. The van der Waals surface area contributed by atoms with Gasteiger partial charge in [-0.2, -0.15) is 0 Å². The normalized spacial score (nSPS) is 20.1. The molecule has 1 aromatic heterocycles. The van der Waals surface area contributed by atoms with Crippen molar-refractivity contribution in [2.24, 2.45) is 11.3 Å². The highest BCUT2D eigenvalue weighted by molar-refractivity contribution is 7.13. The number of thiazole rings is 1. The van der Waals surface area contributed by atoms with Crippen LogP contribution in [-0.2, 0) is 10.2 Å². The number of hydrogen-bond acceptors (Lipinski definition) is 6. The zero-order chi connectivity index (χ0) is 31.6. The minimum atomic E-state index is -0.410. The highest BCUT2D eigenvalue weighted by Crippen LogP contribution is 2.37. The third-order valence-electron chi connectivity index (χ3n) is 9.60. The number of aromatic nitrogens is 1. The first-order valence-corrected chi connectivity index (χ1v) is 17.3. The monoisotopic (exact) mass is 614 g/mol. The van der Waals surface area contributed by atoms with Gasteiger partial charge in [0.2, 0.25) is 5.91 Å². The van der Waals surface area contributed by atoms with Crippen molar-refractivity contribution in [3.63, 3.8) is 0 Å². The molecule has 2 atom stereocenters. The molecule has 2 aromatic carbocycles. The number of piperidine rings is 1. The lowest BCUT2D eigenvalue weighted by Gasteiger charge is -2.50. The van der Waals surface area contributed by atoms with E-state index >= 15 is 0 Å². The van der Waals surface area contributed by atoms with Crippen molar-refractivity contribution in [2.45, 2.75) is 85.1 Å². The minimum Gasteiger partial charge on any atom is -0.437 e. The van der Waals surface area contributed by atoms with Crippen molar-refractivity contribution in [1.29, 1.82) is 0 Å². The van der Waals surface area contributed by atoms with Gasteiger partial charge < -0.3 is 14.7 Å². The Balaban J connectivity index is 1.35. The highest BCUT2D eigenvalue weighted by atomic mass is 32.1. The van der Waals surface area contributed by atoms with E-state index < -0.39 is 7.05 Å². The molecule has 1 unspecified atom stereocenters. The number of carbonyl (C=O) groups excluding carboxylic acids is 1. The van der Waals surface area contributed by atoms with Crippen LogP contribution in [0.15, 0.2) is 60.0 Å². The Hall–Kier alpha value is -2.52. The predicted molar refractivity (Wildman–Crippen MR) is 184 cm³/mol. The third-order valence-corrected chi connectivity index (χ3v) is 10.5. The molecule has 2 saturated heterocycles. The van der Waals surface area contributed by atoms with Gasteiger partial charge in [-0.25, -0.2) is 4.98 Å². The molecule has 2 aliphatic rings. The Labute approximate surface area is 269 Å². The fourth-order valence-corrected chi connectivity index (χ4v) is 7.83. The summed E-state index contributed by atoms with van der Waals surface area (Å²) in [5.74, 6) is 0.683. The molecule has 236 valence electrons. The number of amides is 1. The summed E-state index contributed by atoms with van der Waals surface area (Å²) in [6.45, 7) is 19.4. The van der Waals surface area contributed by atoms with Crippen molar-refractivity contribution in [2.75, 3.05) is 32.7 Å². The molecule has 1 amide bonds. The standard InChI is InChI=1S/C36H51BN4O2S/c1-35(2,3)30-25-44-34(38-30)29-15-13-28(14-16-29)33(27-11-9-8-10-12-27)39-21-22-41(31(24-39)36(4,5)6)32(42)23-26-17-19-40(20-18-26)37(7)43/h8-16,25-26,31,33,43H,17-24H2,1-7H3/t31-,33?/m1/s1. The van der Waals surface area contributed by atoms with Crippen LogP contribution in [0.5, 0.6) is 0 Å². The van der Waals surface area contributed by atoms with E-state index in [2.05, 4.69) is 116 Å². The average molecular weight is 615 g/mol. The first-order valence-electron chi connectivity index (χ1n) is 16.4. The van der Waals surface area contributed by atoms with Crippen LogP contribution < -0.4 is 0 Å². The van der Waals surface area contributed by atoms with Crippen LogP contribution in [-0.4, -0.2) is 76.3 Å². The molecule has 44 heavy (non-hydrogen) atoms. The van der Waals surface area contributed by atoms with E-state index in [1.54, 1.807) is 11.3 Å². The van der Waals surface area contributed by atoms with Gasteiger partial charge in [-0.05, 0) is 55.2 Å². The van der Waals surface area contributed by atoms with E-state index in [4.69, 9.17) is 4.98 Å². The molecular weight excluding hydrogens is 563 g/mol. The zero-order valence-corrected chi connectivity index (χ0v) is 28.6. The summed E-state index contributed by atoms with van der Waals surface area (Å²) in [4.78, 5) is 25.7. The highest BCUT2D eigenvalue weighted by Gasteiger charge is 2.41. The summed E-state index contributed by atoms with van der Waals surface area (Å²) in [6.07, 6.45) is 2.56. The maximum absolute atomic E-state index is 13.8. The van der Waals surface area contributed by atoms with Gasteiger partial charge in [-0.15, -0.1) is 11.3 Å². The van der Waals surface area contributed by atoms with E-state index in [1.165, 1.54) is 11.1 Å². The lowest BCUT2D eigenvalue weighted by molar-refractivity contribution is -0.141. The van der Waals surface area contributed by atoms with Crippen LogP contribution in [0.3, 0.4) is 0 Å². The Bertz CT molecular complexity index is 1370. The molecule has 0 saturated carbocycles. The number of carbonyl (C=O) groups is 1. The molecule has 2 aliphatic heterocycles. The number of hydrogen-bond donors (Lipinski definition) is 1. The second kappa shape index (κ2) is 13.5. The quantitative estimate of drug-likeness (QED) is 0.292. The fraction of sp³-hybridized carbons (Fsp3) is 0.556. The average Bonchev–Trinajstić information content (AvgIpc) is 3.50. The second-order valence-electron chi connectivity index (χ2n) is 15.0. The van der Waals surface area contributed by atoms with Crippen LogP contribution in [0.2, 0.25) is 6.82 Å². The van der Waals surface area contributed by atoms with Gasteiger partial charge in [-0.3, -0.25) is 9.69 Å². The van der Waals surface area contributed by atoms with Gasteiger partial charge in [0.05, 0.1) is 11.7 Å². The van der Waals surface area contributed by atoms with E-state index in [9.17, 15) is 9.82 Å². The molecule has 0 radical (unpaired) electrons. The summed E-state index contributed by atoms with van der Waals surface area (Å²) in [6, 6.07) is 20.0. The molecule has 5 rings (SSSR count). The van der Waals surface area contributed by atoms with Gasteiger partial charge in [0.1, 0.15) is 5.01 Å². The molecular formula is C36H51BN4O2S. The Morgan fingerprint density at radius 1 is 0.955 bits per heavy atom. The van der Waals surface area contributed by atoms with Crippen molar-refractivity contribution in [3.8, 4) is 10.6 Å². The molecule has 6 nitrogen and oxygen atoms in total. The first-order chi connectivity index (χ1) is 20.8. The summed E-state index contributed by atoms with van der Waals surface area (Å²) >= 11 is 1.72. The van der Waals surface area contributed by atoms with Crippen molar-refractivity contribution in [3.05, 3.63) is 76.8 Å². The maximum Gasteiger partial charge on any atom is 0.376 e. The first kappa shape index (κ1) is 32.9. The number of nitrogens with zero attached hydrogens (tertiary/aromatic N) is 4. The van der Waals surface area contributed by atoms with Gasteiger partial charge >= 0.3 is 7.05 Å². The number of benzene rings is 2. The number of piperazine rings is 1. The SMILES string of the molecule is CB(O)N1CCC(CC(=O)N2CCN(C(c3ccccc3)c3ccc(-c4nc(C(C)(C)C)cs4)cc3)C[C@@H]2C(C)(C)C)CC1. The lowest BCUT2D eigenvalue weighted by atomic mass is 9.80. The summed E-state index contributed by atoms with van der Waals surface area (Å²) < 4.78 is 0. The van der Waals surface area contributed by atoms with E-state index in [-0.39, 0.29) is 22.9 Å². The molecule has 3 aromatic rings. The molecule has 0 bridgehead atoms. The lowest BCUT2D eigenvalue weighted by Crippen LogP contribution is -2.60. The predicted octanol–water partition coefficient (Wildman–Crippen LogP) is 6.97. The van der Waals surface area contributed by atoms with Crippen molar-refractivity contribution < 1.29 is 9.82 Å². The second-order valence-corrected chi connectivity index (χ2v) is 15.9. The topological polar surface area (TPSA) is 59.9 Å². The van der Waals surface area contributed by atoms with Gasteiger partial charge in [0.25, 0.3) is 0 Å². The molecule has 8 heteroatoms.